The van der Waals surface area contributed by atoms with Crippen LogP contribution in [0.4, 0.5) is 0 Å². The van der Waals surface area contributed by atoms with Crippen LogP contribution >= 0.6 is 0 Å². The Morgan fingerprint density at radius 3 is 2.62 bits per heavy atom. The van der Waals surface area contributed by atoms with Crippen LogP contribution in [0.3, 0.4) is 0 Å². The average molecular weight is 674 g/mol. The highest BCUT2D eigenvalue weighted by Gasteiger charge is 2.38. The molecule has 0 spiro atoms. The van der Waals surface area contributed by atoms with Gasteiger partial charge in [-0.15, -0.1) is 5.10 Å². The van der Waals surface area contributed by atoms with Crippen LogP contribution in [0.15, 0.2) is 59.5 Å². The molecule has 1 aromatic heterocycles. The van der Waals surface area contributed by atoms with Crippen LogP contribution in [-0.4, -0.2) is 65.0 Å². The van der Waals surface area contributed by atoms with Gasteiger partial charge >= 0.3 is 0 Å². The molecule has 3 heterocycles. The van der Waals surface area contributed by atoms with Crippen LogP contribution in [0.25, 0.3) is 11.0 Å². The number of rotatable bonds is 9. The van der Waals surface area contributed by atoms with Gasteiger partial charge < -0.3 is 14.8 Å². The van der Waals surface area contributed by atoms with Gasteiger partial charge in [-0.25, -0.2) is 13.1 Å². The molecule has 256 valence electrons. The summed E-state index contributed by atoms with van der Waals surface area (Å²) in [6.45, 7) is 14.5. The van der Waals surface area contributed by atoms with Crippen LogP contribution in [0, 0.1) is 19.8 Å². The molecular formula is C37H47N5O5S. The predicted octanol–water partition coefficient (Wildman–Crippen LogP) is 5.88. The van der Waals surface area contributed by atoms with Crippen LogP contribution in [0.2, 0.25) is 0 Å². The first-order valence-electron chi connectivity index (χ1n) is 17.0. The van der Waals surface area contributed by atoms with E-state index in [-0.39, 0.29) is 41.8 Å². The van der Waals surface area contributed by atoms with Crippen molar-refractivity contribution >= 4 is 27.0 Å². The second-order valence-corrected chi connectivity index (χ2v) is 15.6. The Morgan fingerprint density at radius 2 is 1.90 bits per heavy atom. The van der Waals surface area contributed by atoms with Crippen molar-refractivity contribution in [3.05, 3.63) is 82.4 Å². The Morgan fingerprint density at radius 1 is 1.10 bits per heavy atom. The van der Waals surface area contributed by atoms with Gasteiger partial charge in [-0.3, -0.25) is 4.79 Å². The zero-order valence-electron chi connectivity index (χ0n) is 28.8. The summed E-state index contributed by atoms with van der Waals surface area (Å²) in [7, 11) is -3.83. The van der Waals surface area contributed by atoms with E-state index < -0.39 is 15.6 Å². The zero-order valence-corrected chi connectivity index (χ0v) is 29.6. The van der Waals surface area contributed by atoms with Gasteiger partial charge in [0.05, 0.1) is 24.6 Å². The molecule has 6 rings (SSSR count). The fourth-order valence-corrected chi connectivity index (χ4v) is 8.76. The Hall–Kier alpha value is -3.80. The monoisotopic (exact) mass is 673 g/mol. The summed E-state index contributed by atoms with van der Waals surface area (Å²) in [5.74, 6) is -0.114. The number of aromatic nitrogens is 3. The quantitative estimate of drug-likeness (QED) is 0.236. The first-order chi connectivity index (χ1) is 22.9. The zero-order chi connectivity index (χ0) is 34.2. The SMILES string of the molecule is CC[C@@H]1CN(Cc2cc([C@@H](c3ccc4c(nnn4CC)c3C)C(C)(C)NC(=O)C3CCCOC3)ccc2C)S(=O)(=O)c2ccccc2O1. The molecule has 2 aliphatic rings. The number of nitrogens with one attached hydrogen (secondary N) is 1. The highest BCUT2D eigenvalue weighted by atomic mass is 32.2. The summed E-state index contributed by atoms with van der Waals surface area (Å²) in [6, 6.07) is 17.3. The molecule has 1 N–H and O–H groups in total. The minimum absolute atomic E-state index is 0.0207. The molecule has 10 nitrogen and oxygen atoms in total. The molecule has 1 unspecified atom stereocenters. The van der Waals surface area contributed by atoms with E-state index >= 15 is 0 Å². The van der Waals surface area contributed by atoms with Crippen molar-refractivity contribution < 1.29 is 22.7 Å². The molecule has 1 saturated heterocycles. The summed E-state index contributed by atoms with van der Waals surface area (Å²) in [6.07, 6.45) is 2.05. The van der Waals surface area contributed by atoms with E-state index in [2.05, 4.69) is 66.7 Å². The van der Waals surface area contributed by atoms with Crippen LogP contribution in [0.1, 0.15) is 80.7 Å². The molecule has 2 aliphatic heterocycles. The first-order valence-corrected chi connectivity index (χ1v) is 18.5. The van der Waals surface area contributed by atoms with E-state index in [0.717, 1.165) is 51.7 Å². The third-order valence-corrected chi connectivity index (χ3v) is 11.8. The van der Waals surface area contributed by atoms with Crippen LogP contribution in [-0.2, 0) is 32.6 Å². The molecule has 3 atom stereocenters. The number of sulfonamides is 1. The molecule has 48 heavy (non-hydrogen) atoms. The normalized spacial score (nSPS) is 20.5. The summed E-state index contributed by atoms with van der Waals surface area (Å²) in [5, 5.41) is 12.3. The van der Waals surface area contributed by atoms with Crippen molar-refractivity contribution in [3.8, 4) is 5.75 Å². The third-order valence-electron chi connectivity index (χ3n) is 9.97. The van der Waals surface area contributed by atoms with Crippen molar-refractivity contribution in [2.45, 2.75) is 96.4 Å². The summed E-state index contributed by atoms with van der Waals surface area (Å²) in [4.78, 5) is 13.9. The fraction of sp³-hybridized carbons (Fsp3) is 0.486. The summed E-state index contributed by atoms with van der Waals surface area (Å²) >= 11 is 0. The van der Waals surface area contributed by atoms with Gasteiger partial charge in [-0.05, 0) is 99.9 Å². The first kappa shape index (κ1) is 34.1. The van der Waals surface area contributed by atoms with E-state index in [1.807, 2.05) is 25.5 Å². The molecule has 4 aromatic rings. The summed E-state index contributed by atoms with van der Waals surface area (Å²) in [5.41, 5.74) is 5.94. The number of fused-ring (bicyclic) bond motifs is 2. The number of hydrogen-bond acceptors (Lipinski definition) is 7. The minimum Gasteiger partial charge on any atom is -0.488 e. The molecule has 3 aromatic carbocycles. The lowest BCUT2D eigenvalue weighted by Crippen LogP contribution is -2.51. The molecule has 11 heteroatoms. The van der Waals surface area contributed by atoms with Gasteiger partial charge in [0.25, 0.3) is 0 Å². The molecule has 0 aliphatic carbocycles. The maximum absolute atomic E-state index is 14.0. The Labute approximate surface area is 283 Å². The Bertz CT molecular complexity index is 1910. The van der Waals surface area contributed by atoms with Crippen molar-refractivity contribution in [2.24, 2.45) is 5.92 Å². The van der Waals surface area contributed by atoms with Crippen LogP contribution in [0.5, 0.6) is 5.75 Å². The van der Waals surface area contributed by atoms with Gasteiger partial charge in [0, 0.05) is 31.2 Å². The number of nitrogens with zero attached hydrogens (tertiary/aromatic N) is 4. The maximum Gasteiger partial charge on any atom is 0.247 e. The van der Waals surface area contributed by atoms with Crippen LogP contribution < -0.4 is 10.1 Å². The maximum atomic E-state index is 14.0. The number of benzene rings is 3. The third kappa shape index (κ3) is 6.47. The topological polar surface area (TPSA) is 116 Å². The fourth-order valence-electron chi connectivity index (χ4n) is 7.19. The second-order valence-electron chi connectivity index (χ2n) is 13.7. The largest absolute Gasteiger partial charge is 0.488 e. The number of hydrogen-bond donors (Lipinski definition) is 1. The number of carbonyl (C=O) groups is 1. The minimum atomic E-state index is -3.83. The van der Waals surface area contributed by atoms with E-state index in [1.165, 1.54) is 0 Å². The molecule has 1 amide bonds. The number of carbonyl (C=O) groups excluding carboxylic acids is 1. The standard InChI is InChI=1S/C37H47N5O5S/c1-7-29-22-41(48(44,45)33-14-10-9-13-32(33)47-29)21-28-20-26(16-15-24(28)3)34(37(5,6)38-36(43)27-12-11-19-46-23-27)30-17-18-31-35(25(30)4)39-40-42(31)8-2/h9-10,13-18,20,27,29,34H,7-8,11-12,19,21-23H2,1-6H3,(H,38,43)/t27?,29-,34+/m1/s1. The molecule has 0 saturated carbocycles. The lowest BCUT2D eigenvalue weighted by Gasteiger charge is -2.38. The van der Waals surface area contributed by atoms with E-state index in [1.54, 1.807) is 28.6 Å². The van der Waals surface area contributed by atoms with E-state index in [0.29, 0.717) is 31.9 Å². The molecule has 1 fully saturated rings. The number of para-hydroxylation sites is 1. The molecule has 0 bridgehead atoms. The highest BCUT2D eigenvalue weighted by Crippen LogP contribution is 2.40. The predicted molar refractivity (Wildman–Crippen MR) is 185 cm³/mol. The van der Waals surface area contributed by atoms with Crippen molar-refractivity contribution in [1.82, 2.24) is 24.6 Å². The van der Waals surface area contributed by atoms with E-state index in [4.69, 9.17) is 9.47 Å². The van der Waals surface area contributed by atoms with Crippen molar-refractivity contribution in [3.63, 3.8) is 0 Å². The van der Waals surface area contributed by atoms with Crippen molar-refractivity contribution in [2.75, 3.05) is 19.8 Å². The second kappa shape index (κ2) is 13.6. The molecule has 0 radical (unpaired) electrons. The number of amides is 1. The van der Waals surface area contributed by atoms with Gasteiger partial charge in [0.2, 0.25) is 15.9 Å². The number of aryl methyl sites for hydroxylation is 3. The average Bonchev–Trinajstić information content (AvgIpc) is 3.46. The highest BCUT2D eigenvalue weighted by molar-refractivity contribution is 7.89. The Balaban J connectivity index is 1.43. The van der Waals surface area contributed by atoms with Gasteiger partial charge in [-0.1, -0.05) is 48.5 Å². The number of ether oxygens (including phenoxy) is 2. The summed E-state index contributed by atoms with van der Waals surface area (Å²) < 4.78 is 43.3. The lowest BCUT2D eigenvalue weighted by atomic mass is 9.74. The lowest BCUT2D eigenvalue weighted by molar-refractivity contribution is -0.130. The molecular weight excluding hydrogens is 627 g/mol. The van der Waals surface area contributed by atoms with Gasteiger partial charge in [0.15, 0.2) is 0 Å². The van der Waals surface area contributed by atoms with Gasteiger partial charge in [-0.2, -0.15) is 4.31 Å². The Kier molecular flexibility index (Phi) is 9.66. The van der Waals surface area contributed by atoms with Crippen molar-refractivity contribution in [1.29, 1.82) is 0 Å². The smallest absolute Gasteiger partial charge is 0.247 e. The van der Waals surface area contributed by atoms with Gasteiger partial charge in [0.1, 0.15) is 22.3 Å². The van der Waals surface area contributed by atoms with E-state index in [9.17, 15) is 13.2 Å².